The second-order valence-electron chi connectivity index (χ2n) is 3.22. The Balaban J connectivity index is 3.36. The molecule has 0 unspecified atom stereocenters. The predicted octanol–water partition coefficient (Wildman–Crippen LogP) is 3.88. The normalized spacial score (nSPS) is 10.0. The van der Waals surface area contributed by atoms with Crippen molar-refractivity contribution < 1.29 is 13.9 Å². The van der Waals surface area contributed by atoms with Gasteiger partial charge in [-0.1, -0.05) is 18.2 Å². The summed E-state index contributed by atoms with van der Waals surface area (Å²) >= 11 is 5.83. The number of halogens is 2. The van der Waals surface area contributed by atoms with Crippen LogP contribution in [-0.2, 0) is 0 Å². The molecule has 0 heterocycles. The van der Waals surface area contributed by atoms with E-state index in [9.17, 15) is 9.18 Å². The van der Waals surface area contributed by atoms with Crippen LogP contribution < -0.4 is 4.74 Å². The highest BCUT2D eigenvalue weighted by molar-refractivity contribution is 6.32. The van der Waals surface area contributed by atoms with Crippen LogP contribution in [0, 0.1) is 0 Å². The zero-order chi connectivity index (χ0) is 12.3. The Morgan fingerprint density at radius 3 is 2.56 bits per heavy atom. The summed E-state index contributed by atoms with van der Waals surface area (Å²) < 4.78 is 18.3. The third kappa shape index (κ3) is 2.61. The van der Waals surface area contributed by atoms with Crippen molar-refractivity contribution in [3.63, 3.8) is 0 Å². The van der Waals surface area contributed by atoms with Crippen LogP contribution in [0.1, 0.15) is 29.8 Å². The molecular weight excluding hydrogens is 231 g/mol. The maximum absolute atomic E-state index is 13.0. The Bertz CT molecular complexity index is 441. The van der Waals surface area contributed by atoms with E-state index in [0.29, 0.717) is 17.9 Å². The third-order valence-corrected chi connectivity index (χ3v) is 2.35. The first-order valence-corrected chi connectivity index (χ1v) is 5.17. The Morgan fingerprint density at radius 1 is 1.50 bits per heavy atom. The largest absolute Gasteiger partial charge is 0.493 e. The van der Waals surface area contributed by atoms with Crippen molar-refractivity contribution in [3.8, 4) is 5.75 Å². The van der Waals surface area contributed by atoms with Gasteiger partial charge in [-0.3, -0.25) is 4.79 Å². The third-order valence-electron chi connectivity index (χ3n) is 2.04. The Hall–Kier alpha value is -1.35. The molecule has 1 rings (SSSR count). The van der Waals surface area contributed by atoms with Gasteiger partial charge in [-0.2, -0.15) is 0 Å². The summed E-state index contributed by atoms with van der Waals surface area (Å²) in [4.78, 5) is 11.3. The van der Waals surface area contributed by atoms with Crippen LogP contribution in [0.3, 0.4) is 0 Å². The molecule has 0 amide bonds. The zero-order valence-electron chi connectivity index (χ0n) is 9.14. The van der Waals surface area contributed by atoms with Crippen LogP contribution in [0.5, 0.6) is 5.75 Å². The van der Waals surface area contributed by atoms with E-state index in [1.807, 2.05) is 0 Å². The minimum atomic E-state index is -0.652. The molecule has 1 aromatic rings. The first kappa shape index (κ1) is 12.7. The molecule has 0 N–H and O–H groups in total. The van der Waals surface area contributed by atoms with Crippen LogP contribution in [-0.4, -0.2) is 12.4 Å². The highest BCUT2D eigenvalue weighted by Gasteiger charge is 2.14. The van der Waals surface area contributed by atoms with Gasteiger partial charge in [0.05, 0.1) is 17.2 Å². The van der Waals surface area contributed by atoms with Crippen molar-refractivity contribution in [1.29, 1.82) is 0 Å². The second kappa shape index (κ2) is 5.12. The minimum Gasteiger partial charge on any atom is -0.493 e. The molecule has 0 aromatic heterocycles. The van der Waals surface area contributed by atoms with E-state index in [1.165, 1.54) is 19.1 Å². The Morgan fingerprint density at radius 2 is 2.12 bits per heavy atom. The summed E-state index contributed by atoms with van der Waals surface area (Å²) in [6, 6.07) is 2.79. The summed E-state index contributed by atoms with van der Waals surface area (Å²) in [7, 11) is 0. The summed E-state index contributed by atoms with van der Waals surface area (Å²) in [5.74, 6) is -0.504. The van der Waals surface area contributed by atoms with Crippen molar-refractivity contribution in [3.05, 3.63) is 34.9 Å². The molecule has 0 fully saturated rings. The number of carbonyl (C=O) groups excluding carboxylic acids is 1. The number of benzene rings is 1. The molecule has 0 aliphatic rings. The quantitative estimate of drug-likeness (QED) is 0.749. The van der Waals surface area contributed by atoms with Crippen molar-refractivity contribution in [2.75, 3.05) is 6.61 Å². The van der Waals surface area contributed by atoms with E-state index in [1.54, 1.807) is 6.92 Å². The number of ether oxygens (including phenoxy) is 1. The van der Waals surface area contributed by atoms with Crippen LogP contribution in [0.25, 0.3) is 5.83 Å². The van der Waals surface area contributed by atoms with Gasteiger partial charge < -0.3 is 4.74 Å². The molecular formula is C12H12ClFO2. The van der Waals surface area contributed by atoms with E-state index in [2.05, 4.69) is 6.58 Å². The monoisotopic (exact) mass is 242 g/mol. The van der Waals surface area contributed by atoms with Gasteiger partial charge in [-0.05, 0) is 26.0 Å². The van der Waals surface area contributed by atoms with E-state index < -0.39 is 5.83 Å². The van der Waals surface area contributed by atoms with Crippen molar-refractivity contribution in [2.24, 2.45) is 0 Å². The molecule has 0 aliphatic carbocycles. The molecule has 0 bridgehead atoms. The SMILES string of the molecule is C=C(F)c1cc(OCC)c(C(C)=O)cc1Cl. The highest BCUT2D eigenvalue weighted by atomic mass is 35.5. The molecule has 0 saturated heterocycles. The Labute approximate surface area is 98.7 Å². The fourth-order valence-corrected chi connectivity index (χ4v) is 1.58. The van der Waals surface area contributed by atoms with Crippen molar-refractivity contribution >= 4 is 23.2 Å². The molecule has 16 heavy (non-hydrogen) atoms. The van der Waals surface area contributed by atoms with Gasteiger partial charge in [-0.15, -0.1) is 0 Å². The molecule has 0 spiro atoms. The van der Waals surface area contributed by atoms with Gasteiger partial charge in [0.15, 0.2) is 5.78 Å². The highest BCUT2D eigenvalue weighted by Crippen LogP contribution is 2.31. The molecule has 0 atom stereocenters. The van der Waals surface area contributed by atoms with Crippen LogP contribution in [0.4, 0.5) is 4.39 Å². The molecule has 0 aliphatic heterocycles. The zero-order valence-corrected chi connectivity index (χ0v) is 9.90. The second-order valence-corrected chi connectivity index (χ2v) is 3.63. The lowest BCUT2D eigenvalue weighted by Crippen LogP contribution is -2.01. The number of hydrogen-bond acceptors (Lipinski definition) is 2. The van der Waals surface area contributed by atoms with E-state index in [0.717, 1.165) is 0 Å². The number of carbonyl (C=O) groups is 1. The van der Waals surface area contributed by atoms with Gasteiger partial charge in [0, 0.05) is 5.56 Å². The first-order valence-electron chi connectivity index (χ1n) is 4.79. The lowest BCUT2D eigenvalue weighted by molar-refractivity contribution is 0.101. The van der Waals surface area contributed by atoms with Crippen LogP contribution in [0.15, 0.2) is 18.7 Å². The van der Waals surface area contributed by atoms with E-state index in [-0.39, 0.29) is 16.4 Å². The standard InChI is InChI=1S/C12H12ClFO2/c1-4-16-12-6-9(7(2)14)11(13)5-10(12)8(3)15/h5-6H,2,4H2,1,3H3. The summed E-state index contributed by atoms with van der Waals surface area (Å²) in [5.41, 5.74) is 0.493. The topological polar surface area (TPSA) is 26.3 Å². The lowest BCUT2D eigenvalue weighted by atomic mass is 10.1. The summed E-state index contributed by atoms with van der Waals surface area (Å²) in [6.45, 7) is 6.74. The number of hydrogen-bond donors (Lipinski definition) is 0. The van der Waals surface area contributed by atoms with E-state index in [4.69, 9.17) is 16.3 Å². The molecule has 4 heteroatoms. The number of rotatable bonds is 4. The maximum Gasteiger partial charge on any atom is 0.163 e. The minimum absolute atomic E-state index is 0.148. The lowest BCUT2D eigenvalue weighted by Gasteiger charge is -2.11. The molecule has 1 aromatic carbocycles. The van der Waals surface area contributed by atoms with Crippen LogP contribution in [0.2, 0.25) is 5.02 Å². The fourth-order valence-electron chi connectivity index (χ4n) is 1.31. The van der Waals surface area contributed by atoms with Crippen LogP contribution >= 0.6 is 11.6 Å². The fraction of sp³-hybridized carbons (Fsp3) is 0.250. The molecule has 86 valence electrons. The Kier molecular flexibility index (Phi) is 4.07. The predicted molar refractivity (Wildman–Crippen MR) is 62.8 cm³/mol. The number of ketones is 1. The average Bonchev–Trinajstić information content (AvgIpc) is 2.19. The molecule has 0 saturated carbocycles. The summed E-state index contributed by atoms with van der Waals surface area (Å²) in [5, 5.41) is 0.154. The van der Waals surface area contributed by atoms with Crippen molar-refractivity contribution in [1.82, 2.24) is 0 Å². The van der Waals surface area contributed by atoms with E-state index >= 15 is 0 Å². The van der Waals surface area contributed by atoms with Crippen molar-refractivity contribution in [2.45, 2.75) is 13.8 Å². The molecule has 0 radical (unpaired) electrons. The van der Waals surface area contributed by atoms with Gasteiger partial charge in [0.25, 0.3) is 0 Å². The summed E-state index contributed by atoms with van der Waals surface area (Å²) in [6.07, 6.45) is 0. The molecule has 2 nitrogen and oxygen atoms in total. The van der Waals surface area contributed by atoms with Gasteiger partial charge in [0.1, 0.15) is 11.6 Å². The van der Waals surface area contributed by atoms with Gasteiger partial charge in [0.2, 0.25) is 0 Å². The van der Waals surface area contributed by atoms with Gasteiger partial charge in [-0.25, -0.2) is 4.39 Å². The smallest absolute Gasteiger partial charge is 0.163 e. The van der Waals surface area contributed by atoms with Gasteiger partial charge >= 0.3 is 0 Å². The average molecular weight is 243 g/mol. The number of Topliss-reactive ketones (excluding diaryl/α,β-unsaturated/α-hetero) is 1. The first-order chi connectivity index (χ1) is 7.47. The maximum atomic E-state index is 13.0.